The number of amides is 1. The highest BCUT2D eigenvalue weighted by Gasteiger charge is 2.31. The van der Waals surface area contributed by atoms with Crippen LogP contribution in [0.25, 0.3) is 5.65 Å². The minimum absolute atomic E-state index is 0.0132. The first kappa shape index (κ1) is 19.9. The number of carbonyl (C=O) groups is 1. The summed E-state index contributed by atoms with van der Waals surface area (Å²) in [6.07, 6.45) is 10.3. The molecule has 1 saturated heterocycles. The minimum Gasteiger partial charge on any atom is -0.491 e. The van der Waals surface area contributed by atoms with Crippen LogP contribution < -0.4 is 4.74 Å². The van der Waals surface area contributed by atoms with Gasteiger partial charge in [-0.2, -0.15) is 0 Å². The normalized spacial score (nSPS) is 19.0. The van der Waals surface area contributed by atoms with Crippen molar-refractivity contribution in [1.82, 2.24) is 24.3 Å². The summed E-state index contributed by atoms with van der Waals surface area (Å²) < 4.78 is 21.5. The summed E-state index contributed by atoms with van der Waals surface area (Å²) in [4.78, 5) is 28.3. The molecular weight excluding hydrogens is 397 g/mol. The van der Waals surface area contributed by atoms with E-state index in [-0.39, 0.29) is 17.6 Å². The van der Waals surface area contributed by atoms with Crippen LogP contribution >= 0.6 is 0 Å². The van der Waals surface area contributed by atoms with Crippen LogP contribution in [-0.4, -0.2) is 49.4 Å². The highest BCUT2D eigenvalue weighted by molar-refractivity contribution is 5.95. The predicted molar refractivity (Wildman–Crippen MR) is 113 cm³/mol. The number of likely N-dealkylation sites (tertiary alicyclic amines) is 1. The Labute approximate surface area is 180 Å². The molecule has 0 N–H and O–H groups in total. The number of imidazole rings is 1. The number of aromatic nitrogens is 4. The maximum Gasteiger partial charge on any atom is 0.276 e. The molecule has 1 amide bonds. The average molecular weight is 423 g/mol. The molecule has 0 spiro atoms. The topological polar surface area (TPSA) is 72.6 Å². The minimum atomic E-state index is -0.452. The number of carbonyl (C=O) groups excluding carboxylic acids is 1. The Morgan fingerprint density at radius 3 is 2.90 bits per heavy atom. The van der Waals surface area contributed by atoms with Gasteiger partial charge < -0.3 is 9.64 Å². The van der Waals surface area contributed by atoms with Crippen molar-refractivity contribution >= 4 is 11.6 Å². The van der Waals surface area contributed by atoms with Crippen molar-refractivity contribution < 1.29 is 13.9 Å². The number of hydrogen-bond acceptors (Lipinski definition) is 5. The van der Waals surface area contributed by atoms with Gasteiger partial charge in [0.05, 0.1) is 18.5 Å². The maximum absolute atomic E-state index is 14.0. The van der Waals surface area contributed by atoms with E-state index < -0.39 is 5.82 Å². The fourth-order valence-corrected chi connectivity index (χ4v) is 4.20. The lowest BCUT2D eigenvalue weighted by Gasteiger charge is -2.35. The number of nitrogens with zero attached hydrogens (tertiary/aromatic N) is 5. The molecular formula is C23H26FN5O2. The lowest BCUT2D eigenvalue weighted by Crippen LogP contribution is -2.45. The SMILES string of the molecule is Cc1ccc(OCC2CC2)c(C(=O)N2CCCC[C@H]2Cc2cn3cncc(F)c3n2)n1. The number of halogens is 1. The van der Waals surface area contributed by atoms with Gasteiger partial charge in [0.2, 0.25) is 0 Å². The smallest absolute Gasteiger partial charge is 0.276 e. The van der Waals surface area contributed by atoms with E-state index in [1.807, 2.05) is 24.0 Å². The van der Waals surface area contributed by atoms with Crippen LogP contribution in [0.1, 0.15) is 54.0 Å². The largest absolute Gasteiger partial charge is 0.491 e. The Hall–Kier alpha value is -3.03. The van der Waals surface area contributed by atoms with Crippen LogP contribution in [0.15, 0.2) is 30.9 Å². The Kier molecular flexibility index (Phi) is 5.29. The highest BCUT2D eigenvalue weighted by Crippen LogP contribution is 2.31. The molecule has 31 heavy (non-hydrogen) atoms. The number of ether oxygens (including phenoxy) is 1. The van der Waals surface area contributed by atoms with E-state index in [0.29, 0.717) is 36.9 Å². The van der Waals surface area contributed by atoms with Gasteiger partial charge in [0.25, 0.3) is 5.91 Å². The highest BCUT2D eigenvalue weighted by atomic mass is 19.1. The van der Waals surface area contributed by atoms with Gasteiger partial charge in [0.15, 0.2) is 22.9 Å². The van der Waals surface area contributed by atoms with E-state index in [2.05, 4.69) is 15.0 Å². The third-order valence-corrected chi connectivity index (χ3v) is 6.08. The second-order valence-corrected chi connectivity index (χ2v) is 8.61. The Morgan fingerprint density at radius 1 is 1.23 bits per heavy atom. The van der Waals surface area contributed by atoms with Gasteiger partial charge in [-0.1, -0.05) is 0 Å². The summed E-state index contributed by atoms with van der Waals surface area (Å²) in [6, 6.07) is 3.72. The molecule has 0 unspecified atom stereocenters. The second kappa shape index (κ2) is 8.24. The molecule has 0 radical (unpaired) electrons. The van der Waals surface area contributed by atoms with E-state index in [9.17, 15) is 9.18 Å². The van der Waals surface area contributed by atoms with Gasteiger partial charge in [0, 0.05) is 30.9 Å². The van der Waals surface area contributed by atoms with Crippen LogP contribution in [0, 0.1) is 18.7 Å². The molecule has 3 aromatic rings. The number of aryl methyl sites for hydroxylation is 1. The summed E-state index contributed by atoms with van der Waals surface area (Å²) in [5.74, 6) is 0.604. The molecule has 2 aliphatic rings. The lowest BCUT2D eigenvalue weighted by atomic mass is 9.97. The molecule has 3 aromatic heterocycles. The zero-order chi connectivity index (χ0) is 21.4. The Balaban J connectivity index is 1.39. The maximum atomic E-state index is 14.0. The first-order valence-corrected chi connectivity index (χ1v) is 11.0. The van der Waals surface area contributed by atoms with Crippen LogP contribution in [0.4, 0.5) is 4.39 Å². The third kappa shape index (κ3) is 4.24. The lowest BCUT2D eigenvalue weighted by molar-refractivity contribution is 0.0601. The van der Waals surface area contributed by atoms with Crippen LogP contribution in [0.2, 0.25) is 0 Å². The van der Waals surface area contributed by atoms with Gasteiger partial charge in [-0.15, -0.1) is 0 Å². The van der Waals surface area contributed by atoms with E-state index in [0.717, 1.165) is 36.8 Å². The predicted octanol–water partition coefficient (Wildman–Crippen LogP) is 3.60. The average Bonchev–Trinajstić information content (AvgIpc) is 3.51. The molecule has 1 aliphatic carbocycles. The number of rotatable bonds is 6. The molecule has 162 valence electrons. The summed E-state index contributed by atoms with van der Waals surface area (Å²) >= 11 is 0. The summed E-state index contributed by atoms with van der Waals surface area (Å²) in [5, 5.41) is 0. The van der Waals surface area contributed by atoms with Crippen molar-refractivity contribution in [3.05, 3.63) is 53.8 Å². The van der Waals surface area contributed by atoms with E-state index >= 15 is 0 Å². The summed E-state index contributed by atoms with van der Waals surface area (Å²) in [7, 11) is 0. The Morgan fingerprint density at radius 2 is 2.10 bits per heavy atom. The molecule has 5 rings (SSSR count). The van der Waals surface area contributed by atoms with Crippen molar-refractivity contribution in [2.45, 2.75) is 51.5 Å². The molecule has 4 heterocycles. The van der Waals surface area contributed by atoms with Crippen LogP contribution in [-0.2, 0) is 6.42 Å². The molecule has 1 saturated carbocycles. The van der Waals surface area contributed by atoms with Gasteiger partial charge in [-0.3, -0.25) is 9.20 Å². The Bertz CT molecular complexity index is 1110. The zero-order valence-electron chi connectivity index (χ0n) is 17.6. The van der Waals surface area contributed by atoms with Crippen LogP contribution in [0.5, 0.6) is 5.75 Å². The first-order chi connectivity index (χ1) is 15.1. The monoisotopic (exact) mass is 423 g/mol. The van der Waals surface area contributed by atoms with Crippen molar-refractivity contribution in [3.63, 3.8) is 0 Å². The zero-order valence-corrected chi connectivity index (χ0v) is 17.6. The number of fused-ring (bicyclic) bond motifs is 1. The number of piperidine rings is 1. The molecule has 8 heteroatoms. The van der Waals surface area contributed by atoms with Gasteiger partial charge in [-0.25, -0.2) is 19.3 Å². The standard InChI is InChI=1S/C23H26FN5O2/c1-15-5-8-20(31-13-16-6-7-16)21(26-15)23(30)29-9-3-2-4-18(29)10-17-12-28-14-25-11-19(24)22(28)27-17/h5,8,11-12,14,16,18H,2-4,6-7,9-10,13H2,1H3/t18-/m0/s1. The molecule has 7 nitrogen and oxygen atoms in total. The quantitative estimate of drug-likeness (QED) is 0.606. The first-order valence-electron chi connectivity index (χ1n) is 11.0. The van der Waals surface area contributed by atoms with Crippen molar-refractivity contribution in [2.75, 3.05) is 13.2 Å². The van der Waals surface area contributed by atoms with E-state index in [1.54, 1.807) is 16.9 Å². The second-order valence-electron chi connectivity index (χ2n) is 8.61. The van der Waals surface area contributed by atoms with E-state index in [1.165, 1.54) is 12.8 Å². The molecule has 1 aliphatic heterocycles. The fourth-order valence-electron chi connectivity index (χ4n) is 4.20. The number of hydrogen-bond donors (Lipinski definition) is 0. The molecule has 0 bridgehead atoms. The number of pyridine rings is 1. The molecule has 0 aromatic carbocycles. The molecule has 2 fully saturated rings. The van der Waals surface area contributed by atoms with Gasteiger partial charge >= 0.3 is 0 Å². The van der Waals surface area contributed by atoms with Crippen LogP contribution in [0.3, 0.4) is 0 Å². The van der Waals surface area contributed by atoms with Crippen molar-refractivity contribution in [2.24, 2.45) is 5.92 Å². The van der Waals surface area contributed by atoms with Gasteiger partial charge in [-0.05, 0) is 57.1 Å². The van der Waals surface area contributed by atoms with Crippen molar-refractivity contribution in [1.29, 1.82) is 0 Å². The molecule has 1 atom stereocenters. The van der Waals surface area contributed by atoms with Crippen molar-refractivity contribution in [3.8, 4) is 5.75 Å². The summed E-state index contributed by atoms with van der Waals surface area (Å²) in [5.41, 5.74) is 2.19. The third-order valence-electron chi connectivity index (χ3n) is 6.08. The van der Waals surface area contributed by atoms with E-state index in [4.69, 9.17) is 4.74 Å². The summed E-state index contributed by atoms with van der Waals surface area (Å²) in [6.45, 7) is 3.19. The van der Waals surface area contributed by atoms with Gasteiger partial charge in [0.1, 0.15) is 6.33 Å². The fraction of sp³-hybridized carbons (Fsp3) is 0.478.